The van der Waals surface area contributed by atoms with E-state index in [0.717, 1.165) is 30.7 Å². The molecule has 4 nitrogen and oxygen atoms in total. The molecule has 0 amide bonds. The van der Waals surface area contributed by atoms with E-state index in [9.17, 15) is 0 Å². The third-order valence-electron chi connectivity index (χ3n) is 3.30. The van der Waals surface area contributed by atoms with Gasteiger partial charge in [-0.15, -0.1) is 10.2 Å². The van der Waals surface area contributed by atoms with Crippen molar-refractivity contribution < 1.29 is 0 Å². The molecule has 102 valence electrons. The molecule has 1 heterocycles. The zero-order valence-electron chi connectivity index (χ0n) is 11.8. The van der Waals surface area contributed by atoms with Crippen LogP contribution in [0, 0.1) is 0 Å². The zero-order valence-corrected chi connectivity index (χ0v) is 11.8. The summed E-state index contributed by atoms with van der Waals surface area (Å²) in [5, 5.41) is 13.0. The summed E-state index contributed by atoms with van der Waals surface area (Å²) in [4.78, 5) is 1.81. The van der Waals surface area contributed by atoms with Crippen LogP contribution in [0.3, 0.4) is 0 Å². The molecule has 0 bridgehead atoms. The van der Waals surface area contributed by atoms with Crippen molar-refractivity contribution in [1.82, 2.24) is 20.2 Å². The van der Waals surface area contributed by atoms with E-state index in [-0.39, 0.29) is 0 Å². The van der Waals surface area contributed by atoms with Gasteiger partial charge in [0.15, 0.2) is 0 Å². The molecule has 1 unspecified atom stereocenters. The molecule has 4 heteroatoms. The van der Waals surface area contributed by atoms with Crippen LogP contribution < -0.4 is 0 Å². The van der Waals surface area contributed by atoms with Gasteiger partial charge in [-0.05, 0) is 18.1 Å². The summed E-state index contributed by atoms with van der Waals surface area (Å²) in [5.41, 5.74) is 1.03. The van der Waals surface area contributed by atoms with Gasteiger partial charge in [-0.1, -0.05) is 63.4 Å². The first-order chi connectivity index (χ1) is 9.35. The fourth-order valence-electron chi connectivity index (χ4n) is 2.23. The van der Waals surface area contributed by atoms with E-state index >= 15 is 0 Å². The standard InChI is InChI=1S/C15H22N4/c1-3-5-12-14(9-4-2)19-17-15(16-18-19)13-10-7-6-8-11-13/h6-8,10-11,14H,3-5,9,12H2,1-2H3. The first-order valence-corrected chi connectivity index (χ1v) is 7.20. The molecule has 19 heavy (non-hydrogen) atoms. The molecule has 0 spiro atoms. The van der Waals surface area contributed by atoms with Crippen molar-refractivity contribution in [2.45, 2.75) is 52.0 Å². The van der Waals surface area contributed by atoms with Crippen LogP contribution in [0.4, 0.5) is 0 Å². The van der Waals surface area contributed by atoms with Crippen molar-refractivity contribution in [1.29, 1.82) is 0 Å². The summed E-state index contributed by atoms with van der Waals surface area (Å²) in [5.74, 6) is 0.721. The number of aromatic nitrogens is 4. The van der Waals surface area contributed by atoms with Crippen LogP contribution in [-0.2, 0) is 0 Å². The van der Waals surface area contributed by atoms with E-state index in [0.29, 0.717) is 6.04 Å². The smallest absolute Gasteiger partial charge is 0.161 e. The fraction of sp³-hybridized carbons (Fsp3) is 0.533. The third-order valence-corrected chi connectivity index (χ3v) is 3.30. The third kappa shape index (κ3) is 3.63. The monoisotopic (exact) mass is 258 g/mol. The lowest BCUT2D eigenvalue weighted by Gasteiger charge is -2.13. The Balaban J connectivity index is 2.14. The van der Waals surface area contributed by atoms with Gasteiger partial charge in [-0.25, -0.2) is 0 Å². The highest BCUT2D eigenvalue weighted by Gasteiger charge is 2.14. The second-order valence-electron chi connectivity index (χ2n) is 4.88. The fourth-order valence-corrected chi connectivity index (χ4v) is 2.23. The van der Waals surface area contributed by atoms with Gasteiger partial charge in [0.05, 0.1) is 6.04 Å². The van der Waals surface area contributed by atoms with Crippen molar-refractivity contribution >= 4 is 0 Å². The molecule has 1 atom stereocenters. The second-order valence-corrected chi connectivity index (χ2v) is 4.88. The van der Waals surface area contributed by atoms with E-state index in [4.69, 9.17) is 0 Å². The molecule has 0 saturated heterocycles. The molecular weight excluding hydrogens is 236 g/mol. The average Bonchev–Trinajstić information content (AvgIpc) is 2.94. The van der Waals surface area contributed by atoms with Gasteiger partial charge in [0.1, 0.15) is 0 Å². The predicted octanol–water partition coefficient (Wildman–Crippen LogP) is 3.87. The van der Waals surface area contributed by atoms with E-state index in [2.05, 4.69) is 29.3 Å². The minimum atomic E-state index is 0.384. The summed E-state index contributed by atoms with van der Waals surface area (Å²) in [6.07, 6.45) is 5.82. The molecule has 0 saturated carbocycles. The summed E-state index contributed by atoms with van der Waals surface area (Å²) in [6.45, 7) is 4.42. The highest BCUT2D eigenvalue weighted by Crippen LogP contribution is 2.20. The Kier molecular flexibility index (Phi) is 5.07. The molecule has 0 aliphatic rings. The molecule has 0 radical (unpaired) electrons. The van der Waals surface area contributed by atoms with Crippen LogP contribution in [-0.4, -0.2) is 20.2 Å². The Morgan fingerprint density at radius 2 is 1.84 bits per heavy atom. The minimum Gasteiger partial charge on any atom is -0.161 e. The first kappa shape index (κ1) is 13.7. The van der Waals surface area contributed by atoms with E-state index in [1.165, 1.54) is 12.8 Å². The lowest BCUT2D eigenvalue weighted by atomic mass is 10.1. The minimum absolute atomic E-state index is 0.384. The molecule has 1 aromatic heterocycles. The topological polar surface area (TPSA) is 43.6 Å². The van der Waals surface area contributed by atoms with Gasteiger partial charge in [-0.2, -0.15) is 4.80 Å². The van der Waals surface area contributed by atoms with Crippen LogP contribution in [0.15, 0.2) is 30.3 Å². The molecule has 0 aliphatic heterocycles. The lowest BCUT2D eigenvalue weighted by Crippen LogP contribution is -2.12. The highest BCUT2D eigenvalue weighted by atomic mass is 15.6. The van der Waals surface area contributed by atoms with Crippen molar-refractivity contribution in [2.75, 3.05) is 0 Å². The molecule has 2 aromatic rings. The Morgan fingerprint density at radius 3 is 2.53 bits per heavy atom. The number of unbranched alkanes of at least 4 members (excludes halogenated alkanes) is 1. The largest absolute Gasteiger partial charge is 0.204 e. The number of benzene rings is 1. The molecule has 1 aromatic carbocycles. The lowest BCUT2D eigenvalue weighted by molar-refractivity contribution is 0.341. The van der Waals surface area contributed by atoms with Gasteiger partial charge >= 0.3 is 0 Å². The first-order valence-electron chi connectivity index (χ1n) is 7.20. The van der Waals surface area contributed by atoms with E-state index < -0.39 is 0 Å². The van der Waals surface area contributed by atoms with Gasteiger partial charge in [0.2, 0.25) is 5.82 Å². The molecular formula is C15H22N4. The highest BCUT2D eigenvalue weighted by molar-refractivity contribution is 5.52. The van der Waals surface area contributed by atoms with E-state index in [1.54, 1.807) is 0 Å². The van der Waals surface area contributed by atoms with Gasteiger partial charge in [0.25, 0.3) is 0 Å². The van der Waals surface area contributed by atoms with Gasteiger partial charge < -0.3 is 0 Å². The van der Waals surface area contributed by atoms with Crippen LogP contribution in [0.25, 0.3) is 11.4 Å². The number of tetrazole rings is 1. The predicted molar refractivity (Wildman–Crippen MR) is 76.7 cm³/mol. The van der Waals surface area contributed by atoms with Crippen LogP contribution in [0.2, 0.25) is 0 Å². The number of hydrogen-bond donors (Lipinski definition) is 0. The summed E-state index contributed by atoms with van der Waals surface area (Å²) in [7, 11) is 0. The maximum absolute atomic E-state index is 4.55. The number of nitrogens with zero attached hydrogens (tertiary/aromatic N) is 4. The summed E-state index contributed by atoms with van der Waals surface area (Å²) < 4.78 is 0. The molecule has 0 aliphatic carbocycles. The quantitative estimate of drug-likeness (QED) is 0.757. The Bertz CT molecular complexity index is 478. The Morgan fingerprint density at radius 1 is 1.05 bits per heavy atom. The van der Waals surface area contributed by atoms with E-state index in [1.807, 2.05) is 35.1 Å². The zero-order chi connectivity index (χ0) is 13.5. The van der Waals surface area contributed by atoms with Crippen molar-refractivity contribution in [3.8, 4) is 11.4 Å². The summed E-state index contributed by atoms with van der Waals surface area (Å²) >= 11 is 0. The van der Waals surface area contributed by atoms with Crippen molar-refractivity contribution in [3.63, 3.8) is 0 Å². The Labute approximate surface area is 114 Å². The van der Waals surface area contributed by atoms with Crippen molar-refractivity contribution in [2.24, 2.45) is 0 Å². The molecule has 0 fully saturated rings. The van der Waals surface area contributed by atoms with Gasteiger partial charge in [-0.3, -0.25) is 0 Å². The Hall–Kier alpha value is -1.71. The van der Waals surface area contributed by atoms with Crippen LogP contribution >= 0.6 is 0 Å². The second kappa shape index (κ2) is 7.02. The molecule has 0 N–H and O–H groups in total. The summed E-state index contributed by atoms with van der Waals surface area (Å²) in [6, 6.07) is 10.4. The molecule has 2 rings (SSSR count). The van der Waals surface area contributed by atoms with Crippen LogP contribution in [0.1, 0.15) is 52.0 Å². The average molecular weight is 258 g/mol. The maximum atomic E-state index is 4.55. The van der Waals surface area contributed by atoms with Crippen LogP contribution in [0.5, 0.6) is 0 Å². The normalized spacial score (nSPS) is 12.5. The number of rotatable bonds is 7. The van der Waals surface area contributed by atoms with Crippen molar-refractivity contribution in [3.05, 3.63) is 30.3 Å². The maximum Gasteiger partial charge on any atom is 0.204 e. The number of hydrogen-bond acceptors (Lipinski definition) is 3. The van der Waals surface area contributed by atoms with Gasteiger partial charge in [0, 0.05) is 5.56 Å². The SMILES string of the molecule is CCCCC(CCC)n1nnc(-c2ccccc2)n1.